The molecule has 1 N–H and O–H groups in total. The number of benzene rings is 1. The fourth-order valence-corrected chi connectivity index (χ4v) is 4.10. The second kappa shape index (κ2) is 6.96. The van der Waals surface area contributed by atoms with Crippen LogP contribution in [0.1, 0.15) is 45.1 Å². The lowest BCUT2D eigenvalue weighted by Crippen LogP contribution is -2.45. The quantitative estimate of drug-likeness (QED) is 0.921. The standard InChI is InChI=1S/C20H28N2O2/c1-13-7-9-17(10-8-13)21-20(24)16-11-19(23)22(12-16)18-6-4-5-14(2)15(18)3/h7-10,14-16,18H,4-6,11-12H2,1-3H3,(H,21,24)/t14-,15-,16+,18-/m0/s1. The van der Waals surface area contributed by atoms with Gasteiger partial charge in [-0.2, -0.15) is 0 Å². The lowest BCUT2D eigenvalue weighted by molar-refractivity contribution is -0.131. The van der Waals surface area contributed by atoms with Gasteiger partial charge in [0.15, 0.2) is 0 Å². The number of aryl methyl sites for hydroxylation is 1. The van der Waals surface area contributed by atoms with E-state index in [1.54, 1.807) is 0 Å². The third-order valence-electron chi connectivity index (χ3n) is 5.91. The molecule has 1 saturated heterocycles. The SMILES string of the molecule is Cc1ccc(NC(=O)[C@@H]2CC(=O)N([C@H]3CCC[C@H](C)[C@@H]3C)C2)cc1. The number of anilines is 1. The summed E-state index contributed by atoms with van der Waals surface area (Å²) in [6.07, 6.45) is 3.84. The van der Waals surface area contributed by atoms with Crippen molar-refractivity contribution in [3.63, 3.8) is 0 Å². The van der Waals surface area contributed by atoms with Crippen LogP contribution in [-0.2, 0) is 9.59 Å². The van der Waals surface area contributed by atoms with Gasteiger partial charge < -0.3 is 10.2 Å². The summed E-state index contributed by atoms with van der Waals surface area (Å²) in [4.78, 5) is 27.0. The third-order valence-corrected chi connectivity index (χ3v) is 5.91. The van der Waals surface area contributed by atoms with Gasteiger partial charge in [0.05, 0.1) is 5.92 Å². The average molecular weight is 328 g/mol. The van der Waals surface area contributed by atoms with E-state index >= 15 is 0 Å². The summed E-state index contributed by atoms with van der Waals surface area (Å²) in [5.74, 6) is 1.04. The zero-order valence-electron chi connectivity index (χ0n) is 14.9. The Hall–Kier alpha value is -1.84. The molecule has 2 aliphatic rings. The van der Waals surface area contributed by atoms with Gasteiger partial charge in [0.1, 0.15) is 0 Å². The number of rotatable bonds is 3. The van der Waals surface area contributed by atoms with E-state index in [-0.39, 0.29) is 17.7 Å². The molecule has 4 nitrogen and oxygen atoms in total. The van der Waals surface area contributed by atoms with Crippen molar-refractivity contribution in [1.29, 1.82) is 0 Å². The maximum absolute atomic E-state index is 12.5. The van der Waals surface area contributed by atoms with E-state index in [9.17, 15) is 9.59 Å². The van der Waals surface area contributed by atoms with Gasteiger partial charge in [0.25, 0.3) is 0 Å². The minimum Gasteiger partial charge on any atom is -0.339 e. The highest BCUT2D eigenvalue weighted by Crippen LogP contribution is 2.35. The van der Waals surface area contributed by atoms with E-state index in [2.05, 4.69) is 19.2 Å². The van der Waals surface area contributed by atoms with E-state index in [0.29, 0.717) is 30.8 Å². The molecule has 0 aromatic heterocycles. The van der Waals surface area contributed by atoms with E-state index in [0.717, 1.165) is 17.7 Å². The maximum atomic E-state index is 12.5. The molecule has 2 amide bonds. The number of amides is 2. The Labute approximate surface area is 144 Å². The van der Waals surface area contributed by atoms with Crippen molar-refractivity contribution < 1.29 is 9.59 Å². The number of carbonyl (C=O) groups is 2. The van der Waals surface area contributed by atoms with Crippen LogP contribution in [0.5, 0.6) is 0 Å². The highest BCUT2D eigenvalue weighted by Gasteiger charge is 2.41. The fourth-order valence-electron chi connectivity index (χ4n) is 4.10. The summed E-state index contributed by atoms with van der Waals surface area (Å²) >= 11 is 0. The van der Waals surface area contributed by atoms with Gasteiger partial charge in [0.2, 0.25) is 11.8 Å². The van der Waals surface area contributed by atoms with Crippen LogP contribution in [0.2, 0.25) is 0 Å². The molecule has 2 fully saturated rings. The monoisotopic (exact) mass is 328 g/mol. The summed E-state index contributed by atoms with van der Waals surface area (Å²) in [5, 5.41) is 2.96. The summed E-state index contributed by atoms with van der Waals surface area (Å²) in [5.41, 5.74) is 1.96. The van der Waals surface area contributed by atoms with Crippen LogP contribution in [-0.4, -0.2) is 29.3 Å². The average Bonchev–Trinajstić information content (AvgIpc) is 2.94. The first-order valence-electron chi connectivity index (χ1n) is 9.12. The summed E-state index contributed by atoms with van der Waals surface area (Å²) in [7, 11) is 0. The van der Waals surface area contributed by atoms with Crippen LogP contribution in [0.15, 0.2) is 24.3 Å². The van der Waals surface area contributed by atoms with Crippen molar-refractivity contribution in [1.82, 2.24) is 4.90 Å². The van der Waals surface area contributed by atoms with E-state index in [1.165, 1.54) is 12.8 Å². The molecular weight excluding hydrogens is 300 g/mol. The third kappa shape index (κ3) is 3.47. The molecule has 3 rings (SSSR count). The molecule has 130 valence electrons. The number of hydrogen-bond acceptors (Lipinski definition) is 2. The van der Waals surface area contributed by atoms with E-state index < -0.39 is 0 Å². The molecule has 4 heteroatoms. The molecule has 1 aromatic carbocycles. The summed E-state index contributed by atoms with van der Waals surface area (Å²) in [6, 6.07) is 8.08. The Morgan fingerprint density at radius 3 is 2.58 bits per heavy atom. The number of nitrogens with one attached hydrogen (secondary N) is 1. The van der Waals surface area contributed by atoms with Crippen LogP contribution in [0.3, 0.4) is 0 Å². The minimum atomic E-state index is -0.233. The maximum Gasteiger partial charge on any atom is 0.229 e. The van der Waals surface area contributed by atoms with Gasteiger partial charge in [-0.15, -0.1) is 0 Å². The predicted molar refractivity (Wildman–Crippen MR) is 95.6 cm³/mol. The van der Waals surface area contributed by atoms with Gasteiger partial charge in [-0.05, 0) is 37.3 Å². The number of likely N-dealkylation sites (tertiary alicyclic amines) is 1. The number of nitrogens with zero attached hydrogens (tertiary/aromatic N) is 1. The second-order valence-corrected chi connectivity index (χ2v) is 7.64. The normalized spacial score (nSPS) is 30.5. The summed E-state index contributed by atoms with van der Waals surface area (Å²) < 4.78 is 0. The van der Waals surface area contributed by atoms with Crippen LogP contribution >= 0.6 is 0 Å². The molecule has 1 aliphatic heterocycles. The first-order chi connectivity index (χ1) is 11.5. The van der Waals surface area contributed by atoms with Crippen molar-refractivity contribution in [2.24, 2.45) is 17.8 Å². The van der Waals surface area contributed by atoms with Crippen molar-refractivity contribution in [3.05, 3.63) is 29.8 Å². The molecule has 1 aromatic rings. The van der Waals surface area contributed by atoms with Crippen LogP contribution in [0.25, 0.3) is 0 Å². The molecule has 0 spiro atoms. The largest absolute Gasteiger partial charge is 0.339 e. The van der Waals surface area contributed by atoms with Crippen LogP contribution in [0, 0.1) is 24.7 Å². The Kier molecular flexibility index (Phi) is 4.93. The van der Waals surface area contributed by atoms with Gasteiger partial charge in [-0.25, -0.2) is 0 Å². The van der Waals surface area contributed by atoms with Crippen molar-refractivity contribution in [2.75, 3.05) is 11.9 Å². The molecule has 0 bridgehead atoms. The Morgan fingerprint density at radius 1 is 1.17 bits per heavy atom. The zero-order valence-corrected chi connectivity index (χ0v) is 14.9. The Balaban J connectivity index is 1.63. The topological polar surface area (TPSA) is 49.4 Å². The second-order valence-electron chi connectivity index (χ2n) is 7.64. The molecule has 0 radical (unpaired) electrons. The van der Waals surface area contributed by atoms with Gasteiger partial charge >= 0.3 is 0 Å². The van der Waals surface area contributed by atoms with E-state index in [4.69, 9.17) is 0 Å². The minimum absolute atomic E-state index is 0.0359. The van der Waals surface area contributed by atoms with Crippen LogP contribution in [0.4, 0.5) is 5.69 Å². The van der Waals surface area contributed by atoms with Gasteiger partial charge in [-0.3, -0.25) is 9.59 Å². The molecule has 1 heterocycles. The highest BCUT2D eigenvalue weighted by molar-refractivity contribution is 5.97. The lowest BCUT2D eigenvalue weighted by Gasteiger charge is -2.40. The first kappa shape index (κ1) is 17.0. The first-order valence-corrected chi connectivity index (χ1v) is 9.12. The summed E-state index contributed by atoms with van der Waals surface area (Å²) in [6.45, 7) is 7.12. The van der Waals surface area contributed by atoms with Crippen molar-refractivity contribution >= 4 is 17.5 Å². The van der Waals surface area contributed by atoms with Gasteiger partial charge in [-0.1, -0.05) is 44.4 Å². The highest BCUT2D eigenvalue weighted by atomic mass is 16.2. The van der Waals surface area contributed by atoms with Crippen molar-refractivity contribution in [2.45, 2.75) is 52.5 Å². The van der Waals surface area contributed by atoms with Gasteiger partial charge in [0, 0.05) is 24.7 Å². The van der Waals surface area contributed by atoms with E-state index in [1.807, 2.05) is 36.1 Å². The lowest BCUT2D eigenvalue weighted by atomic mass is 9.77. The Bertz CT molecular complexity index is 611. The molecule has 1 aliphatic carbocycles. The predicted octanol–water partition coefficient (Wildman–Crippen LogP) is 3.61. The molecular formula is C20H28N2O2. The molecule has 24 heavy (non-hydrogen) atoms. The molecule has 4 atom stereocenters. The zero-order chi connectivity index (χ0) is 17.3. The number of hydrogen-bond donors (Lipinski definition) is 1. The number of carbonyl (C=O) groups excluding carboxylic acids is 2. The molecule has 1 saturated carbocycles. The Morgan fingerprint density at radius 2 is 1.88 bits per heavy atom. The molecule has 0 unspecified atom stereocenters. The smallest absolute Gasteiger partial charge is 0.229 e. The van der Waals surface area contributed by atoms with Crippen LogP contribution < -0.4 is 5.32 Å². The van der Waals surface area contributed by atoms with Crippen molar-refractivity contribution in [3.8, 4) is 0 Å². The fraction of sp³-hybridized carbons (Fsp3) is 0.600.